The van der Waals surface area contributed by atoms with E-state index in [0.717, 1.165) is 11.1 Å². The Kier molecular flexibility index (Phi) is 5.83. The van der Waals surface area contributed by atoms with Crippen LogP contribution < -0.4 is 20.1 Å². The third-order valence-corrected chi connectivity index (χ3v) is 5.80. The lowest BCUT2D eigenvalue weighted by Crippen LogP contribution is -2.15. The third kappa shape index (κ3) is 4.28. The van der Waals surface area contributed by atoms with Crippen LogP contribution in [0.4, 0.5) is 5.69 Å². The van der Waals surface area contributed by atoms with Crippen LogP contribution in [0.15, 0.2) is 69.2 Å². The summed E-state index contributed by atoms with van der Waals surface area (Å²) in [5.41, 5.74) is 2.49. The number of aliphatic imine (C=N–C) groups is 1. The van der Waals surface area contributed by atoms with Gasteiger partial charge < -0.3 is 24.5 Å². The number of imidazole rings is 1. The number of methoxy groups -OCH3 is 2. The number of ether oxygens (including phenoxy) is 3. The fraction of sp³-hybridized carbons (Fsp3) is 0.130. The molecule has 5 rings (SSSR count). The van der Waals surface area contributed by atoms with Crippen LogP contribution >= 0.6 is 11.3 Å². The zero-order valence-electron chi connectivity index (χ0n) is 18.3. The lowest BCUT2D eigenvalue weighted by molar-refractivity contribution is 0.374. The van der Waals surface area contributed by atoms with Gasteiger partial charge in [0.1, 0.15) is 35.1 Å². The average molecular weight is 477 g/mol. The molecule has 2 N–H and O–H groups in total. The Morgan fingerprint density at radius 1 is 1.18 bits per heavy atom. The molecule has 172 valence electrons. The van der Waals surface area contributed by atoms with E-state index >= 15 is 0 Å². The summed E-state index contributed by atoms with van der Waals surface area (Å²) in [5.74, 6) is 7.26. The van der Waals surface area contributed by atoms with Crippen molar-refractivity contribution in [3.63, 3.8) is 0 Å². The Morgan fingerprint density at radius 2 is 2.03 bits per heavy atom. The van der Waals surface area contributed by atoms with Crippen LogP contribution in [0.25, 0.3) is 27.4 Å². The molecule has 0 aliphatic rings. The van der Waals surface area contributed by atoms with Gasteiger partial charge in [-0.1, -0.05) is 18.2 Å². The molecule has 0 atom stereocenters. The van der Waals surface area contributed by atoms with E-state index in [2.05, 4.69) is 20.2 Å². The number of aromatic nitrogens is 3. The van der Waals surface area contributed by atoms with Gasteiger partial charge in [0.15, 0.2) is 5.76 Å². The standard InChI is InChI=1S/C23H20N6O4S/c1-30-16-8-19(32-13-15(27-24)11-25-14-6-4-3-5-7-14)17-10-21(33-20(17)9-16)18-12-29-22(26-18)34-23(28-29)31-2/h3-12H,13,24H2,1-2H3. The monoisotopic (exact) mass is 476 g/mol. The minimum Gasteiger partial charge on any atom is -0.496 e. The molecule has 0 aliphatic heterocycles. The van der Waals surface area contributed by atoms with Crippen molar-refractivity contribution in [1.29, 1.82) is 0 Å². The summed E-state index contributed by atoms with van der Waals surface area (Å²) in [7, 11) is 3.15. The van der Waals surface area contributed by atoms with E-state index < -0.39 is 0 Å². The summed E-state index contributed by atoms with van der Waals surface area (Å²) in [6, 6.07) is 14.9. The van der Waals surface area contributed by atoms with Crippen LogP contribution in [0, 0.1) is 0 Å². The van der Waals surface area contributed by atoms with Gasteiger partial charge in [-0.05, 0) is 29.5 Å². The summed E-state index contributed by atoms with van der Waals surface area (Å²) in [6.45, 7) is 0.111. The number of benzene rings is 2. The van der Waals surface area contributed by atoms with E-state index in [-0.39, 0.29) is 6.61 Å². The first-order chi connectivity index (χ1) is 16.7. The Bertz CT molecular complexity index is 1470. The van der Waals surface area contributed by atoms with E-state index in [1.807, 2.05) is 36.4 Å². The summed E-state index contributed by atoms with van der Waals surface area (Å²) in [6.07, 6.45) is 3.36. The normalized spacial score (nSPS) is 12.1. The fourth-order valence-electron chi connectivity index (χ4n) is 3.25. The number of fused-ring (bicyclic) bond motifs is 2. The molecule has 0 aliphatic carbocycles. The number of furan rings is 1. The molecule has 0 radical (unpaired) electrons. The lowest BCUT2D eigenvalue weighted by Gasteiger charge is -2.08. The third-order valence-electron chi connectivity index (χ3n) is 4.92. The summed E-state index contributed by atoms with van der Waals surface area (Å²) in [4.78, 5) is 9.65. The quantitative estimate of drug-likeness (QED) is 0.201. The highest BCUT2D eigenvalue weighted by molar-refractivity contribution is 7.18. The minimum atomic E-state index is 0.111. The molecule has 0 bridgehead atoms. The van der Waals surface area contributed by atoms with Crippen LogP contribution in [0.1, 0.15) is 0 Å². The van der Waals surface area contributed by atoms with Gasteiger partial charge >= 0.3 is 0 Å². The van der Waals surface area contributed by atoms with Crippen molar-refractivity contribution in [2.75, 3.05) is 20.8 Å². The molecule has 0 fully saturated rings. The van der Waals surface area contributed by atoms with Gasteiger partial charge in [-0.25, -0.2) is 9.50 Å². The van der Waals surface area contributed by atoms with Crippen LogP contribution in [-0.4, -0.2) is 47.4 Å². The zero-order chi connectivity index (χ0) is 23.5. The Labute approximate surface area is 197 Å². The Hall–Kier alpha value is -4.38. The SMILES string of the molecule is COc1cc(OCC(C=Nc2ccccc2)=NN)c2cc(-c3cn4nc(OC)sc4n3)oc2c1. The number of nitrogens with zero attached hydrogens (tertiary/aromatic N) is 5. The van der Waals surface area contributed by atoms with Crippen molar-refractivity contribution in [2.45, 2.75) is 0 Å². The molecule has 34 heavy (non-hydrogen) atoms. The van der Waals surface area contributed by atoms with Gasteiger partial charge in [0.2, 0.25) is 4.96 Å². The second-order valence-corrected chi connectivity index (χ2v) is 7.99. The predicted octanol–water partition coefficient (Wildman–Crippen LogP) is 4.32. The molecule has 0 amide bonds. The largest absolute Gasteiger partial charge is 0.496 e. The molecular formula is C23H20N6O4S. The first-order valence-corrected chi connectivity index (χ1v) is 11.0. The summed E-state index contributed by atoms with van der Waals surface area (Å²) in [5, 5.41) is 9.38. The number of hydrogen-bond donors (Lipinski definition) is 1. The molecule has 2 aromatic carbocycles. The van der Waals surface area contributed by atoms with Gasteiger partial charge in [-0.3, -0.25) is 4.99 Å². The first kappa shape index (κ1) is 21.5. The highest BCUT2D eigenvalue weighted by Gasteiger charge is 2.17. The van der Waals surface area contributed by atoms with Crippen LogP contribution in [0.5, 0.6) is 16.7 Å². The molecule has 5 aromatic rings. The average Bonchev–Trinajstić information content (AvgIpc) is 3.57. The van der Waals surface area contributed by atoms with Gasteiger partial charge in [-0.15, -0.1) is 5.10 Å². The zero-order valence-corrected chi connectivity index (χ0v) is 19.2. The topological polar surface area (TPSA) is 122 Å². The van der Waals surface area contributed by atoms with Crippen LogP contribution in [-0.2, 0) is 0 Å². The van der Waals surface area contributed by atoms with Gasteiger partial charge in [0.25, 0.3) is 5.19 Å². The number of hydrogen-bond acceptors (Lipinski definition) is 10. The van der Waals surface area contributed by atoms with E-state index in [0.29, 0.717) is 44.4 Å². The number of rotatable bonds is 8. The molecule has 0 saturated carbocycles. The molecule has 3 heterocycles. The first-order valence-electron chi connectivity index (χ1n) is 10.2. The predicted molar refractivity (Wildman–Crippen MR) is 131 cm³/mol. The van der Waals surface area contributed by atoms with Gasteiger partial charge in [0.05, 0.1) is 37.7 Å². The van der Waals surface area contributed by atoms with Gasteiger partial charge in [-0.2, -0.15) is 5.10 Å². The van der Waals surface area contributed by atoms with Crippen molar-refractivity contribution in [2.24, 2.45) is 15.9 Å². The van der Waals surface area contributed by atoms with Gasteiger partial charge in [0, 0.05) is 12.1 Å². The van der Waals surface area contributed by atoms with Crippen LogP contribution in [0.2, 0.25) is 0 Å². The Morgan fingerprint density at radius 3 is 2.76 bits per heavy atom. The van der Waals surface area contributed by atoms with Crippen molar-refractivity contribution in [1.82, 2.24) is 14.6 Å². The lowest BCUT2D eigenvalue weighted by atomic mass is 10.2. The van der Waals surface area contributed by atoms with Crippen LogP contribution in [0.3, 0.4) is 0 Å². The van der Waals surface area contributed by atoms with E-state index in [9.17, 15) is 0 Å². The summed E-state index contributed by atoms with van der Waals surface area (Å²) >= 11 is 1.34. The van der Waals surface area contributed by atoms with E-state index in [1.54, 1.807) is 43.3 Å². The number of hydrazone groups is 1. The smallest absolute Gasteiger partial charge is 0.294 e. The van der Waals surface area contributed by atoms with Crippen molar-refractivity contribution in [3.05, 3.63) is 54.7 Å². The van der Waals surface area contributed by atoms with Crippen molar-refractivity contribution in [3.8, 4) is 28.1 Å². The molecule has 0 unspecified atom stereocenters. The molecular weight excluding hydrogens is 456 g/mol. The molecule has 0 spiro atoms. The second-order valence-electron chi connectivity index (χ2n) is 7.08. The van der Waals surface area contributed by atoms with Crippen molar-refractivity contribution >= 4 is 44.9 Å². The van der Waals surface area contributed by atoms with Crippen molar-refractivity contribution < 1.29 is 18.6 Å². The highest BCUT2D eigenvalue weighted by Crippen LogP contribution is 2.37. The maximum atomic E-state index is 6.06. The number of para-hydroxylation sites is 1. The van der Waals surface area contributed by atoms with E-state index in [4.69, 9.17) is 24.5 Å². The number of nitrogens with two attached hydrogens (primary N) is 1. The summed E-state index contributed by atoms with van der Waals surface area (Å²) < 4.78 is 24.3. The molecule has 0 saturated heterocycles. The molecule has 10 nitrogen and oxygen atoms in total. The molecule has 3 aromatic heterocycles. The molecule has 11 heteroatoms. The van der Waals surface area contributed by atoms with E-state index in [1.165, 1.54) is 11.3 Å². The second kappa shape index (κ2) is 9.24. The minimum absolute atomic E-state index is 0.111. The Balaban J connectivity index is 1.42. The maximum absolute atomic E-state index is 6.06. The highest BCUT2D eigenvalue weighted by atomic mass is 32.1. The maximum Gasteiger partial charge on any atom is 0.294 e. The fourth-order valence-corrected chi connectivity index (χ4v) is 3.95.